The van der Waals surface area contributed by atoms with Gasteiger partial charge in [0.15, 0.2) is 0 Å². The Morgan fingerprint density at radius 2 is 1.85 bits per heavy atom. The van der Waals surface area contributed by atoms with E-state index in [-0.39, 0.29) is 12.1 Å². The summed E-state index contributed by atoms with van der Waals surface area (Å²) in [7, 11) is 0. The van der Waals surface area contributed by atoms with E-state index in [4.69, 9.17) is 10.5 Å². The Hall–Kier alpha value is -0.860. The molecule has 1 aromatic carbocycles. The molecular formula is C18H29NO. The standard InChI is InChI=1S/C18H29NO/c1-2-20-18(16-11-7-4-8-12-16)17(19)14-13-15-9-5-3-6-10-15/h3,5-6,9-10,16-18H,2,4,7-8,11-14,19H2,1H3. The molecule has 1 fully saturated rings. The molecule has 2 heteroatoms. The van der Waals surface area contributed by atoms with E-state index in [0.29, 0.717) is 5.92 Å². The van der Waals surface area contributed by atoms with Crippen molar-refractivity contribution in [3.63, 3.8) is 0 Å². The molecule has 0 aromatic heterocycles. The fourth-order valence-electron chi connectivity index (χ4n) is 3.41. The summed E-state index contributed by atoms with van der Waals surface area (Å²) in [5, 5.41) is 0. The average Bonchev–Trinajstić information content (AvgIpc) is 2.52. The first kappa shape index (κ1) is 15.5. The molecule has 1 aromatic rings. The van der Waals surface area contributed by atoms with E-state index in [1.165, 1.54) is 37.7 Å². The molecule has 2 rings (SSSR count). The van der Waals surface area contributed by atoms with Crippen molar-refractivity contribution < 1.29 is 4.74 Å². The molecule has 0 spiro atoms. The third kappa shape index (κ3) is 4.60. The molecule has 2 N–H and O–H groups in total. The lowest BCUT2D eigenvalue weighted by Gasteiger charge is -2.34. The van der Waals surface area contributed by atoms with Crippen molar-refractivity contribution in [2.24, 2.45) is 11.7 Å². The number of rotatable bonds is 7. The van der Waals surface area contributed by atoms with Crippen molar-refractivity contribution >= 4 is 0 Å². The van der Waals surface area contributed by atoms with Crippen LogP contribution in [-0.4, -0.2) is 18.8 Å². The zero-order valence-electron chi connectivity index (χ0n) is 12.8. The van der Waals surface area contributed by atoms with Gasteiger partial charge in [-0.15, -0.1) is 0 Å². The van der Waals surface area contributed by atoms with Crippen molar-refractivity contribution in [2.75, 3.05) is 6.61 Å². The Morgan fingerprint density at radius 1 is 1.15 bits per heavy atom. The van der Waals surface area contributed by atoms with Crippen molar-refractivity contribution in [3.8, 4) is 0 Å². The van der Waals surface area contributed by atoms with E-state index in [2.05, 4.69) is 37.3 Å². The Kier molecular flexibility index (Phi) is 6.55. The number of aryl methyl sites for hydroxylation is 1. The van der Waals surface area contributed by atoms with Crippen LogP contribution in [0.15, 0.2) is 30.3 Å². The number of hydrogen-bond donors (Lipinski definition) is 1. The second kappa shape index (κ2) is 8.43. The predicted molar refractivity (Wildman–Crippen MR) is 84.7 cm³/mol. The van der Waals surface area contributed by atoms with Crippen LogP contribution in [0.1, 0.15) is 51.0 Å². The van der Waals surface area contributed by atoms with Gasteiger partial charge in [-0.3, -0.25) is 0 Å². The first-order chi connectivity index (χ1) is 9.81. The van der Waals surface area contributed by atoms with Crippen LogP contribution in [-0.2, 0) is 11.2 Å². The van der Waals surface area contributed by atoms with Gasteiger partial charge in [-0.05, 0) is 44.1 Å². The SMILES string of the molecule is CCOC(C(N)CCc1ccccc1)C1CCCCC1. The number of ether oxygens (including phenoxy) is 1. The van der Waals surface area contributed by atoms with E-state index in [1.54, 1.807) is 0 Å². The van der Waals surface area contributed by atoms with E-state index in [0.717, 1.165) is 19.4 Å². The molecule has 0 bridgehead atoms. The second-order valence-corrected chi connectivity index (χ2v) is 6.01. The third-order valence-electron chi connectivity index (χ3n) is 4.50. The summed E-state index contributed by atoms with van der Waals surface area (Å²) in [5.74, 6) is 0.675. The smallest absolute Gasteiger partial charge is 0.0753 e. The molecule has 112 valence electrons. The van der Waals surface area contributed by atoms with E-state index < -0.39 is 0 Å². The molecule has 1 aliphatic rings. The van der Waals surface area contributed by atoms with Crippen LogP contribution < -0.4 is 5.73 Å². The monoisotopic (exact) mass is 275 g/mol. The maximum Gasteiger partial charge on any atom is 0.0753 e. The maximum absolute atomic E-state index is 6.46. The molecule has 0 saturated heterocycles. The molecular weight excluding hydrogens is 246 g/mol. The number of hydrogen-bond acceptors (Lipinski definition) is 2. The van der Waals surface area contributed by atoms with Crippen molar-refractivity contribution in [1.82, 2.24) is 0 Å². The van der Waals surface area contributed by atoms with Gasteiger partial charge in [-0.1, -0.05) is 49.6 Å². The van der Waals surface area contributed by atoms with Gasteiger partial charge >= 0.3 is 0 Å². The van der Waals surface area contributed by atoms with E-state index >= 15 is 0 Å². The quantitative estimate of drug-likeness (QED) is 0.818. The van der Waals surface area contributed by atoms with Gasteiger partial charge in [0.05, 0.1) is 6.10 Å². The summed E-state index contributed by atoms with van der Waals surface area (Å²) in [6.45, 7) is 2.86. The predicted octanol–water partition coefficient (Wildman–Crippen LogP) is 3.93. The highest BCUT2D eigenvalue weighted by Gasteiger charge is 2.28. The van der Waals surface area contributed by atoms with Gasteiger partial charge in [-0.2, -0.15) is 0 Å². The Labute approximate surface area is 123 Å². The lowest BCUT2D eigenvalue weighted by Crippen LogP contribution is -2.43. The highest BCUT2D eigenvalue weighted by molar-refractivity contribution is 5.14. The highest BCUT2D eigenvalue weighted by atomic mass is 16.5. The van der Waals surface area contributed by atoms with Gasteiger partial charge in [-0.25, -0.2) is 0 Å². The summed E-state index contributed by atoms with van der Waals surface area (Å²) >= 11 is 0. The largest absolute Gasteiger partial charge is 0.377 e. The fourth-order valence-corrected chi connectivity index (χ4v) is 3.41. The summed E-state index contributed by atoms with van der Waals surface area (Å²) in [4.78, 5) is 0. The minimum atomic E-state index is 0.165. The van der Waals surface area contributed by atoms with Gasteiger partial charge < -0.3 is 10.5 Å². The Balaban J connectivity index is 1.87. The van der Waals surface area contributed by atoms with Gasteiger partial charge in [0.2, 0.25) is 0 Å². The highest BCUT2D eigenvalue weighted by Crippen LogP contribution is 2.30. The molecule has 20 heavy (non-hydrogen) atoms. The van der Waals surface area contributed by atoms with Crippen LogP contribution in [0, 0.1) is 5.92 Å². The lowest BCUT2D eigenvalue weighted by molar-refractivity contribution is -0.0107. The van der Waals surface area contributed by atoms with Gasteiger partial charge in [0.25, 0.3) is 0 Å². The van der Waals surface area contributed by atoms with Crippen LogP contribution >= 0.6 is 0 Å². The van der Waals surface area contributed by atoms with E-state index in [9.17, 15) is 0 Å². The molecule has 0 amide bonds. The average molecular weight is 275 g/mol. The van der Waals surface area contributed by atoms with E-state index in [1.807, 2.05) is 0 Å². The molecule has 1 aliphatic carbocycles. The summed E-state index contributed by atoms with van der Waals surface area (Å²) < 4.78 is 6.01. The van der Waals surface area contributed by atoms with Gasteiger partial charge in [0, 0.05) is 12.6 Å². The number of nitrogens with two attached hydrogens (primary N) is 1. The van der Waals surface area contributed by atoms with Crippen LogP contribution in [0.5, 0.6) is 0 Å². The van der Waals surface area contributed by atoms with Crippen molar-refractivity contribution in [2.45, 2.75) is 64.0 Å². The van der Waals surface area contributed by atoms with Crippen LogP contribution in [0.25, 0.3) is 0 Å². The lowest BCUT2D eigenvalue weighted by atomic mass is 9.81. The minimum absolute atomic E-state index is 0.165. The first-order valence-electron chi connectivity index (χ1n) is 8.22. The topological polar surface area (TPSA) is 35.2 Å². The molecule has 0 radical (unpaired) electrons. The zero-order valence-corrected chi connectivity index (χ0v) is 12.8. The summed E-state index contributed by atoms with van der Waals surface area (Å²) in [5.41, 5.74) is 7.83. The van der Waals surface area contributed by atoms with Crippen LogP contribution in [0.2, 0.25) is 0 Å². The fraction of sp³-hybridized carbons (Fsp3) is 0.667. The summed E-state index contributed by atoms with van der Waals surface area (Å²) in [6.07, 6.45) is 8.99. The zero-order chi connectivity index (χ0) is 14.2. The summed E-state index contributed by atoms with van der Waals surface area (Å²) in [6, 6.07) is 10.8. The maximum atomic E-state index is 6.46. The molecule has 0 heterocycles. The van der Waals surface area contributed by atoms with Crippen LogP contribution in [0.3, 0.4) is 0 Å². The molecule has 2 atom stereocenters. The second-order valence-electron chi connectivity index (χ2n) is 6.01. The third-order valence-corrected chi connectivity index (χ3v) is 4.50. The molecule has 2 nitrogen and oxygen atoms in total. The van der Waals surface area contributed by atoms with Crippen molar-refractivity contribution in [3.05, 3.63) is 35.9 Å². The minimum Gasteiger partial charge on any atom is -0.377 e. The van der Waals surface area contributed by atoms with Crippen LogP contribution in [0.4, 0.5) is 0 Å². The first-order valence-corrected chi connectivity index (χ1v) is 8.22. The molecule has 1 saturated carbocycles. The number of benzene rings is 1. The van der Waals surface area contributed by atoms with Crippen molar-refractivity contribution in [1.29, 1.82) is 0 Å². The normalized spacial score (nSPS) is 19.7. The van der Waals surface area contributed by atoms with Gasteiger partial charge in [0.1, 0.15) is 0 Å². The Bertz CT molecular complexity index is 359. The molecule has 0 aliphatic heterocycles. The molecule has 2 unspecified atom stereocenters. The Morgan fingerprint density at radius 3 is 2.50 bits per heavy atom.